The Bertz CT molecular complexity index is 2590. The highest BCUT2D eigenvalue weighted by atomic mass is 28.3. The highest BCUT2D eigenvalue weighted by Gasteiger charge is 2.59. The highest BCUT2D eigenvalue weighted by Crippen LogP contribution is 2.53. The average Bonchev–Trinajstić information content (AvgIpc) is 3.16. The fraction of sp³-hybridized carbons (Fsp3) is 0. The number of rotatable bonds is 3. The third kappa shape index (κ3) is 3.17. The number of fused-ring (bicyclic) bond motifs is 4. The minimum Gasteiger partial charge on any atom is -0.457 e. The molecule has 0 saturated carbocycles. The second kappa shape index (κ2) is 9.47. The van der Waals surface area contributed by atoms with Crippen molar-refractivity contribution in [1.29, 1.82) is 0 Å². The molecule has 0 aliphatic carbocycles. The highest BCUT2D eigenvalue weighted by molar-refractivity contribution is 7.24. The summed E-state index contributed by atoms with van der Waals surface area (Å²) in [5.74, 6) is 1.91. The molecule has 48 heavy (non-hydrogen) atoms. The van der Waals surface area contributed by atoms with Crippen LogP contribution in [0.3, 0.4) is 0 Å². The van der Waals surface area contributed by atoms with E-state index in [1.54, 1.807) is 0 Å². The van der Waals surface area contributed by atoms with Crippen LogP contribution in [-0.2, 0) is 0 Å². The molecular formula is C44H28N2OSi. The first-order valence-electron chi connectivity index (χ1n) is 16.5. The molecule has 8 aromatic carbocycles. The predicted molar refractivity (Wildman–Crippen MR) is 202 cm³/mol. The molecule has 3 heterocycles. The normalized spacial score (nSPS) is 16.5. The van der Waals surface area contributed by atoms with Gasteiger partial charge in [-0.05, 0) is 75.9 Å². The van der Waals surface area contributed by atoms with Gasteiger partial charge in [-0.1, -0.05) is 115 Å². The van der Waals surface area contributed by atoms with Gasteiger partial charge in [0.15, 0.2) is 8.07 Å². The van der Waals surface area contributed by atoms with Crippen molar-refractivity contribution in [3.8, 4) is 11.5 Å². The second-order valence-corrected chi connectivity index (χ2v) is 16.4. The van der Waals surface area contributed by atoms with Crippen molar-refractivity contribution in [3.63, 3.8) is 0 Å². The molecule has 0 bridgehead atoms. The number of anilines is 6. The number of benzene rings is 8. The van der Waals surface area contributed by atoms with E-state index in [1.807, 2.05) is 0 Å². The van der Waals surface area contributed by atoms with Crippen molar-refractivity contribution in [2.45, 2.75) is 0 Å². The van der Waals surface area contributed by atoms with E-state index in [4.69, 9.17) is 4.74 Å². The molecule has 0 N–H and O–H groups in total. The topological polar surface area (TPSA) is 15.7 Å². The Kier molecular flexibility index (Phi) is 5.13. The van der Waals surface area contributed by atoms with E-state index >= 15 is 0 Å². The molecule has 3 nitrogen and oxygen atoms in total. The zero-order chi connectivity index (χ0) is 31.4. The Morgan fingerprint density at radius 2 is 0.979 bits per heavy atom. The molecule has 224 valence electrons. The van der Waals surface area contributed by atoms with Gasteiger partial charge in [0, 0.05) is 38.0 Å². The quantitative estimate of drug-likeness (QED) is 0.143. The first-order chi connectivity index (χ1) is 23.8. The maximum atomic E-state index is 6.99. The molecule has 0 fully saturated rings. The third-order valence-corrected chi connectivity index (χ3v) is 15.5. The third-order valence-electron chi connectivity index (χ3n) is 10.5. The lowest BCUT2D eigenvalue weighted by Crippen LogP contribution is -2.80. The van der Waals surface area contributed by atoms with E-state index in [1.165, 1.54) is 65.0 Å². The zero-order valence-corrected chi connectivity index (χ0v) is 27.0. The monoisotopic (exact) mass is 628 g/mol. The van der Waals surface area contributed by atoms with Gasteiger partial charge in [0.25, 0.3) is 0 Å². The molecule has 0 amide bonds. The lowest BCUT2D eigenvalue weighted by molar-refractivity contribution is 0.487. The lowest BCUT2D eigenvalue weighted by atomic mass is 9.97. The number of hydrogen-bond donors (Lipinski definition) is 0. The molecule has 11 rings (SSSR count). The molecule has 4 heteroatoms. The molecule has 1 unspecified atom stereocenters. The second-order valence-electron chi connectivity index (χ2n) is 12.9. The zero-order valence-electron chi connectivity index (χ0n) is 26.0. The summed E-state index contributed by atoms with van der Waals surface area (Å²) in [6.07, 6.45) is 0. The minimum atomic E-state index is -2.97. The molecule has 8 aromatic rings. The Hall–Kier alpha value is -6.10. The van der Waals surface area contributed by atoms with E-state index in [-0.39, 0.29) is 0 Å². The predicted octanol–water partition coefficient (Wildman–Crippen LogP) is 9.04. The van der Waals surface area contributed by atoms with Crippen molar-refractivity contribution in [2.24, 2.45) is 0 Å². The van der Waals surface area contributed by atoms with Crippen LogP contribution < -0.4 is 35.3 Å². The summed E-state index contributed by atoms with van der Waals surface area (Å²) in [7, 11) is -2.97. The van der Waals surface area contributed by atoms with Gasteiger partial charge >= 0.3 is 0 Å². The van der Waals surface area contributed by atoms with Gasteiger partial charge in [-0.15, -0.1) is 0 Å². The fourth-order valence-corrected chi connectivity index (χ4v) is 14.4. The van der Waals surface area contributed by atoms with Crippen LogP contribution in [-0.4, -0.2) is 8.07 Å². The van der Waals surface area contributed by atoms with E-state index in [9.17, 15) is 0 Å². The molecule has 3 aliphatic heterocycles. The summed E-state index contributed by atoms with van der Waals surface area (Å²) in [4.78, 5) is 5.02. The van der Waals surface area contributed by atoms with Crippen molar-refractivity contribution < 1.29 is 4.74 Å². The molecule has 0 radical (unpaired) electrons. The van der Waals surface area contributed by atoms with Crippen LogP contribution in [0.5, 0.6) is 11.5 Å². The maximum absolute atomic E-state index is 6.99. The van der Waals surface area contributed by atoms with E-state index < -0.39 is 8.07 Å². The van der Waals surface area contributed by atoms with E-state index in [2.05, 4.69) is 180 Å². The van der Waals surface area contributed by atoms with Gasteiger partial charge in [0.2, 0.25) is 0 Å². The van der Waals surface area contributed by atoms with Crippen molar-refractivity contribution in [3.05, 3.63) is 170 Å². The fourth-order valence-electron chi connectivity index (χ4n) is 8.80. The van der Waals surface area contributed by atoms with Crippen LogP contribution in [0.15, 0.2) is 170 Å². The van der Waals surface area contributed by atoms with Crippen LogP contribution in [0.1, 0.15) is 0 Å². The van der Waals surface area contributed by atoms with Gasteiger partial charge in [-0.25, -0.2) is 0 Å². The van der Waals surface area contributed by atoms with Crippen LogP contribution in [0.25, 0.3) is 21.5 Å². The minimum absolute atomic E-state index is 0.956. The summed E-state index contributed by atoms with van der Waals surface area (Å²) >= 11 is 0. The molecule has 0 spiro atoms. The van der Waals surface area contributed by atoms with Gasteiger partial charge in [0.05, 0.1) is 17.1 Å². The van der Waals surface area contributed by atoms with Crippen LogP contribution in [0.2, 0.25) is 0 Å². The number of ether oxygens (including phenoxy) is 1. The van der Waals surface area contributed by atoms with Gasteiger partial charge in [-0.2, -0.15) is 0 Å². The Labute approximate surface area is 279 Å². The number of para-hydroxylation sites is 2. The Morgan fingerprint density at radius 1 is 0.396 bits per heavy atom. The molecule has 3 aliphatic rings. The summed E-state index contributed by atoms with van der Waals surface area (Å²) in [5.41, 5.74) is 7.17. The largest absolute Gasteiger partial charge is 0.457 e. The molecule has 1 atom stereocenters. The smallest absolute Gasteiger partial charge is 0.198 e. The van der Waals surface area contributed by atoms with Gasteiger partial charge in [0.1, 0.15) is 11.5 Å². The van der Waals surface area contributed by atoms with Crippen molar-refractivity contribution in [1.82, 2.24) is 0 Å². The number of nitrogens with zero attached hydrogens (tertiary/aromatic N) is 2. The van der Waals surface area contributed by atoms with E-state index in [0.29, 0.717) is 0 Å². The van der Waals surface area contributed by atoms with Gasteiger partial charge < -0.3 is 14.5 Å². The Balaban J connectivity index is 1.44. The van der Waals surface area contributed by atoms with Gasteiger partial charge in [-0.3, -0.25) is 0 Å². The maximum Gasteiger partial charge on any atom is 0.198 e. The summed E-state index contributed by atoms with van der Waals surface area (Å²) in [6, 6.07) is 62.3. The lowest BCUT2D eigenvalue weighted by Gasteiger charge is -2.53. The van der Waals surface area contributed by atoms with E-state index in [0.717, 1.165) is 22.9 Å². The standard InChI is InChI=1S/C44H28N2OSi/c1-4-15-30(16-5-1)45-36-22-12-24-39-42(36)48(32-19-8-3-9-20-32)43-37(23-13-25-40(43)47-39)46(31-17-6-2-7-18-31)41-34-27-26-29-14-10-11-21-33(29)35(34)28-38(45)44(41)48/h1-28H. The molecular weight excluding hydrogens is 601 g/mol. The summed E-state index contributed by atoms with van der Waals surface area (Å²) in [6.45, 7) is 0. The first-order valence-corrected chi connectivity index (χ1v) is 18.5. The Morgan fingerprint density at radius 3 is 1.67 bits per heavy atom. The number of hydrogen-bond acceptors (Lipinski definition) is 3. The average molecular weight is 629 g/mol. The first kappa shape index (κ1) is 26.0. The molecule has 0 saturated heterocycles. The summed E-state index contributed by atoms with van der Waals surface area (Å²) in [5, 5.41) is 10.4. The summed E-state index contributed by atoms with van der Waals surface area (Å²) < 4.78 is 6.99. The van der Waals surface area contributed by atoms with Crippen molar-refractivity contribution in [2.75, 3.05) is 9.80 Å². The van der Waals surface area contributed by atoms with Crippen LogP contribution in [0, 0.1) is 0 Å². The van der Waals surface area contributed by atoms with Crippen molar-refractivity contribution >= 4 is 84.5 Å². The molecule has 0 aromatic heterocycles. The van der Waals surface area contributed by atoms with Crippen LogP contribution >= 0.6 is 0 Å². The van der Waals surface area contributed by atoms with Crippen LogP contribution in [0.4, 0.5) is 34.1 Å². The SMILES string of the molecule is c1ccc(N2c3cccc4c3[Si]3(c5ccccc5)c5c(cccc5N(c5ccccc5)c5c3c2cc2c5ccc3ccccc32)O4)cc1.